The minimum absolute atomic E-state index is 0.139. The van der Waals surface area contributed by atoms with E-state index in [0.29, 0.717) is 18.0 Å². The molecule has 0 unspecified atom stereocenters. The van der Waals surface area contributed by atoms with Crippen molar-refractivity contribution in [3.63, 3.8) is 0 Å². The second kappa shape index (κ2) is 10.7. The number of nitrogens with zero attached hydrogens (tertiary/aromatic N) is 2. The molecule has 1 heterocycles. The standard InChI is InChI=1S/C23H28N4O4/c1-17-7-8-20(27(30)31)15-21(17)25-23(29)22(28)24-16-19-10-13-26(14-11-19)12-9-18-5-3-2-4-6-18/h2-8,15,19H,9-14,16H2,1H3,(H,24,28)(H,25,29). The first-order valence-electron chi connectivity index (χ1n) is 10.5. The third kappa shape index (κ3) is 6.62. The van der Waals surface area contributed by atoms with Crippen LogP contribution in [-0.4, -0.2) is 47.8 Å². The summed E-state index contributed by atoms with van der Waals surface area (Å²) in [4.78, 5) is 37.2. The molecule has 0 aliphatic carbocycles. The van der Waals surface area contributed by atoms with Crippen LogP contribution in [0.5, 0.6) is 0 Å². The summed E-state index contributed by atoms with van der Waals surface area (Å²) in [5, 5.41) is 16.1. The minimum atomic E-state index is -0.816. The van der Waals surface area contributed by atoms with Crippen LogP contribution in [0.4, 0.5) is 11.4 Å². The maximum Gasteiger partial charge on any atom is 0.313 e. The van der Waals surface area contributed by atoms with Crippen LogP contribution in [0.2, 0.25) is 0 Å². The molecule has 0 radical (unpaired) electrons. The van der Waals surface area contributed by atoms with Gasteiger partial charge in [0.25, 0.3) is 5.69 Å². The van der Waals surface area contributed by atoms with Crippen molar-refractivity contribution in [1.82, 2.24) is 10.2 Å². The molecule has 1 fully saturated rings. The van der Waals surface area contributed by atoms with Crippen LogP contribution in [0.15, 0.2) is 48.5 Å². The number of non-ortho nitro benzene ring substituents is 1. The number of nitro benzene ring substituents is 1. The van der Waals surface area contributed by atoms with E-state index >= 15 is 0 Å². The predicted octanol–water partition coefficient (Wildman–Crippen LogP) is 2.91. The molecule has 0 aromatic heterocycles. The molecule has 2 aromatic carbocycles. The van der Waals surface area contributed by atoms with Crippen molar-refractivity contribution in [2.75, 3.05) is 31.5 Å². The lowest BCUT2D eigenvalue weighted by atomic mass is 9.96. The van der Waals surface area contributed by atoms with E-state index in [9.17, 15) is 19.7 Å². The van der Waals surface area contributed by atoms with Gasteiger partial charge in [-0.3, -0.25) is 19.7 Å². The molecule has 1 aliphatic heterocycles. The van der Waals surface area contributed by atoms with Gasteiger partial charge in [-0.25, -0.2) is 0 Å². The largest absolute Gasteiger partial charge is 0.348 e. The first-order chi connectivity index (χ1) is 14.9. The van der Waals surface area contributed by atoms with Gasteiger partial charge < -0.3 is 15.5 Å². The van der Waals surface area contributed by atoms with Gasteiger partial charge >= 0.3 is 11.8 Å². The van der Waals surface area contributed by atoms with Gasteiger partial charge in [-0.1, -0.05) is 36.4 Å². The van der Waals surface area contributed by atoms with Crippen LogP contribution in [0.3, 0.4) is 0 Å². The highest BCUT2D eigenvalue weighted by Gasteiger charge is 2.22. The molecule has 8 heteroatoms. The summed E-state index contributed by atoms with van der Waals surface area (Å²) in [7, 11) is 0. The van der Waals surface area contributed by atoms with Crippen molar-refractivity contribution in [2.24, 2.45) is 5.92 Å². The van der Waals surface area contributed by atoms with E-state index in [0.717, 1.165) is 38.9 Å². The molecule has 3 rings (SSSR count). The van der Waals surface area contributed by atoms with Crippen molar-refractivity contribution < 1.29 is 14.5 Å². The average molecular weight is 425 g/mol. The Labute approximate surface area is 181 Å². The molecule has 2 N–H and O–H groups in total. The van der Waals surface area contributed by atoms with Gasteiger partial charge in [-0.05, 0) is 56.3 Å². The number of benzene rings is 2. The Balaban J connectivity index is 1.39. The van der Waals surface area contributed by atoms with Gasteiger partial charge in [0.1, 0.15) is 0 Å². The number of nitrogens with one attached hydrogen (secondary N) is 2. The molecule has 0 bridgehead atoms. The zero-order valence-corrected chi connectivity index (χ0v) is 17.7. The number of carbonyl (C=O) groups is 2. The smallest absolute Gasteiger partial charge is 0.313 e. The molecule has 8 nitrogen and oxygen atoms in total. The van der Waals surface area contributed by atoms with E-state index < -0.39 is 16.7 Å². The summed E-state index contributed by atoms with van der Waals surface area (Å²) in [6, 6.07) is 14.6. The summed E-state index contributed by atoms with van der Waals surface area (Å²) in [6.07, 6.45) is 2.97. The topological polar surface area (TPSA) is 105 Å². The highest BCUT2D eigenvalue weighted by molar-refractivity contribution is 6.39. The van der Waals surface area contributed by atoms with Crippen molar-refractivity contribution in [3.8, 4) is 0 Å². The minimum Gasteiger partial charge on any atom is -0.348 e. The SMILES string of the molecule is Cc1ccc([N+](=O)[O-])cc1NC(=O)C(=O)NCC1CCN(CCc2ccccc2)CC1. The summed E-state index contributed by atoms with van der Waals surface area (Å²) < 4.78 is 0. The fraction of sp³-hybridized carbons (Fsp3) is 0.391. The summed E-state index contributed by atoms with van der Waals surface area (Å²) in [5.41, 5.74) is 2.11. The van der Waals surface area contributed by atoms with Gasteiger partial charge in [-0.15, -0.1) is 0 Å². The van der Waals surface area contributed by atoms with Gasteiger partial charge in [-0.2, -0.15) is 0 Å². The lowest BCUT2D eigenvalue weighted by Gasteiger charge is -2.32. The molecular weight excluding hydrogens is 396 g/mol. The molecule has 2 amide bonds. The highest BCUT2D eigenvalue weighted by Crippen LogP contribution is 2.22. The first kappa shape index (κ1) is 22.4. The average Bonchev–Trinajstić information content (AvgIpc) is 2.78. The fourth-order valence-electron chi connectivity index (χ4n) is 3.70. The number of hydrogen-bond acceptors (Lipinski definition) is 5. The number of piperidine rings is 1. The number of hydrogen-bond donors (Lipinski definition) is 2. The lowest BCUT2D eigenvalue weighted by molar-refractivity contribution is -0.384. The molecule has 2 aromatic rings. The Kier molecular flexibility index (Phi) is 7.72. The van der Waals surface area contributed by atoms with Crippen molar-refractivity contribution >= 4 is 23.2 Å². The quantitative estimate of drug-likeness (QED) is 0.404. The number of amides is 2. The molecule has 31 heavy (non-hydrogen) atoms. The number of likely N-dealkylation sites (tertiary alicyclic amines) is 1. The first-order valence-corrected chi connectivity index (χ1v) is 10.5. The number of nitro groups is 1. The molecule has 0 atom stereocenters. The zero-order valence-electron chi connectivity index (χ0n) is 17.7. The van der Waals surface area contributed by atoms with Gasteiger partial charge in [0.05, 0.1) is 10.6 Å². The zero-order chi connectivity index (χ0) is 22.2. The third-order valence-corrected chi connectivity index (χ3v) is 5.70. The Morgan fingerprint density at radius 3 is 2.48 bits per heavy atom. The van der Waals surface area contributed by atoms with Gasteiger partial charge in [0, 0.05) is 25.2 Å². The van der Waals surface area contributed by atoms with Crippen molar-refractivity contribution in [1.29, 1.82) is 0 Å². The van der Waals surface area contributed by atoms with E-state index in [1.807, 2.05) is 6.07 Å². The summed E-state index contributed by atoms with van der Waals surface area (Å²) >= 11 is 0. The van der Waals surface area contributed by atoms with Crippen molar-refractivity contribution in [2.45, 2.75) is 26.2 Å². The summed E-state index contributed by atoms with van der Waals surface area (Å²) in [5.74, 6) is -1.20. The number of carbonyl (C=O) groups excluding carboxylic acids is 2. The second-order valence-electron chi connectivity index (χ2n) is 7.94. The Bertz CT molecular complexity index is 924. The number of rotatable bonds is 7. The molecular formula is C23H28N4O4. The Morgan fingerprint density at radius 2 is 1.81 bits per heavy atom. The van der Waals surface area contributed by atoms with Crippen LogP contribution < -0.4 is 10.6 Å². The van der Waals surface area contributed by atoms with Gasteiger partial charge in [0.2, 0.25) is 0 Å². The van der Waals surface area contributed by atoms with E-state index in [-0.39, 0.29) is 11.4 Å². The monoisotopic (exact) mass is 424 g/mol. The molecule has 0 saturated carbocycles. The molecule has 1 aliphatic rings. The van der Waals surface area contributed by atoms with Crippen LogP contribution in [0.1, 0.15) is 24.0 Å². The lowest BCUT2D eigenvalue weighted by Crippen LogP contribution is -2.42. The molecule has 0 spiro atoms. The maximum atomic E-state index is 12.2. The summed E-state index contributed by atoms with van der Waals surface area (Å²) in [6.45, 7) is 5.14. The van der Waals surface area contributed by atoms with E-state index in [2.05, 4.69) is 39.8 Å². The highest BCUT2D eigenvalue weighted by atomic mass is 16.6. The maximum absolute atomic E-state index is 12.2. The molecule has 1 saturated heterocycles. The third-order valence-electron chi connectivity index (χ3n) is 5.70. The molecule has 164 valence electrons. The predicted molar refractivity (Wildman–Crippen MR) is 119 cm³/mol. The Hall–Kier alpha value is -3.26. The Morgan fingerprint density at radius 1 is 1.10 bits per heavy atom. The second-order valence-corrected chi connectivity index (χ2v) is 7.94. The fourth-order valence-corrected chi connectivity index (χ4v) is 3.70. The van der Waals surface area contributed by atoms with E-state index in [1.54, 1.807) is 6.92 Å². The van der Waals surface area contributed by atoms with Crippen LogP contribution in [0.25, 0.3) is 0 Å². The number of anilines is 1. The van der Waals surface area contributed by atoms with E-state index in [4.69, 9.17) is 0 Å². The van der Waals surface area contributed by atoms with Crippen LogP contribution >= 0.6 is 0 Å². The van der Waals surface area contributed by atoms with Crippen LogP contribution in [-0.2, 0) is 16.0 Å². The normalized spacial score (nSPS) is 14.7. The number of aryl methyl sites for hydroxylation is 1. The van der Waals surface area contributed by atoms with E-state index in [1.165, 1.54) is 23.8 Å². The van der Waals surface area contributed by atoms with Crippen molar-refractivity contribution in [3.05, 3.63) is 69.8 Å². The van der Waals surface area contributed by atoms with Gasteiger partial charge in [0.15, 0.2) is 0 Å². The van der Waals surface area contributed by atoms with Crippen LogP contribution in [0, 0.1) is 23.0 Å².